The summed E-state index contributed by atoms with van der Waals surface area (Å²) >= 11 is 0. The molecular weight excluding hydrogens is 398 g/mol. The Labute approximate surface area is 177 Å². The van der Waals surface area contributed by atoms with E-state index in [0.29, 0.717) is 30.1 Å². The Hall–Kier alpha value is -2.64. The lowest BCUT2D eigenvalue weighted by atomic mass is 10.1. The van der Waals surface area contributed by atoms with Gasteiger partial charge in [-0.2, -0.15) is 4.31 Å². The van der Waals surface area contributed by atoms with Crippen LogP contribution in [0, 0.1) is 0 Å². The third-order valence-electron chi connectivity index (χ3n) is 5.70. The van der Waals surface area contributed by atoms with Crippen LogP contribution in [0.15, 0.2) is 59.6 Å². The SMILES string of the molecule is CCn1cc(C(=O)NCc2ccc(S(=O)(=O)N3CCCCC3)cc2)c2ccccc21. The molecule has 2 aromatic carbocycles. The van der Waals surface area contributed by atoms with Crippen LogP contribution in [-0.4, -0.2) is 36.3 Å². The van der Waals surface area contributed by atoms with E-state index in [9.17, 15) is 13.2 Å². The molecule has 2 heterocycles. The average Bonchev–Trinajstić information content (AvgIpc) is 3.17. The topological polar surface area (TPSA) is 71.4 Å². The number of aryl methyl sites for hydroxylation is 1. The maximum atomic E-state index is 12.8. The summed E-state index contributed by atoms with van der Waals surface area (Å²) in [6.07, 6.45) is 4.80. The van der Waals surface area contributed by atoms with Crippen LogP contribution in [-0.2, 0) is 23.1 Å². The first kappa shape index (κ1) is 20.6. The molecule has 1 aliphatic rings. The highest BCUT2D eigenvalue weighted by Gasteiger charge is 2.25. The number of piperidine rings is 1. The minimum absolute atomic E-state index is 0.136. The maximum Gasteiger partial charge on any atom is 0.253 e. The summed E-state index contributed by atoms with van der Waals surface area (Å²) in [6.45, 7) is 4.36. The van der Waals surface area contributed by atoms with Gasteiger partial charge in [-0.15, -0.1) is 0 Å². The van der Waals surface area contributed by atoms with E-state index in [4.69, 9.17) is 0 Å². The fraction of sp³-hybridized carbons (Fsp3) is 0.348. The van der Waals surface area contributed by atoms with Gasteiger partial charge < -0.3 is 9.88 Å². The van der Waals surface area contributed by atoms with Crippen molar-refractivity contribution >= 4 is 26.8 Å². The van der Waals surface area contributed by atoms with Crippen LogP contribution in [0.3, 0.4) is 0 Å². The van der Waals surface area contributed by atoms with Crippen molar-refractivity contribution in [2.45, 2.75) is 44.2 Å². The summed E-state index contributed by atoms with van der Waals surface area (Å²) in [5, 5.41) is 3.88. The van der Waals surface area contributed by atoms with Gasteiger partial charge in [-0.25, -0.2) is 8.42 Å². The number of nitrogens with one attached hydrogen (secondary N) is 1. The summed E-state index contributed by atoms with van der Waals surface area (Å²) in [6, 6.07) is 14.7. The van der Waals surface area contributed by atoms with Crippen molar-refractivity contribution in [3.05, 3.63) is 65.9 Å². The van der Waals surface area contributed by atoms with E-state index >= 15 is 0 Å². The Morgan fingerprint density at radius 2 is 1.70 bits per heavy atom. The third-order valence-corrected chi connectivity index (χ3v) is 7.62. The monoisotopic (exact) mass is 425 g/mol. The minimum atomic E-state index is -3.43. The van der Waals surface area contributed by atoms with Crippen LogP contribution in [0.4, 0.5) is 0 Å². The fourth-order valence-corrected chi connectivity index (χ4v) is 5.52. The first-order valence-electron chi connectivity index (χ1n) is 10.5. The number of hydrogen-bond donors (Lipinski definition) is 1. The molecule has 6 nitrogen and oxygen atoms in total. The van der Waals surface area contributed by atoms with Crippen molar-refractivity contribution in [3.63, 3.8) is 0 Å². The van der Waals surface area contributed by atoms with Crippen molar-refractivity contribution in [1.82, 2.24) is 14.2 Å². The van der Waals surface area contributed by atoms with Crippen molar-refractivity contribution in [2.24, 2.45) is 0 Å². The fourth-order valence-electron chi connectivity index (χ4n) is 4.00. The van der Waals surface area contributed by atoms with E-state index in [2.05, 4.69) is 9.88 Å². The zero-order chi connectivity index (χ0) is 21.1. The second-order valence-electron chi connectivity index (χ2n) is 7.64. The van der Waals surface area contributed by atoms with Crippen LogP contribution >= 0.6 is 0 Å². The molecular formula is C23H27N3O3S. The van der Waals surface area contributed by atoms with Crippen molar-refractivity contribution < 1.29 is 13.2 Å². The van der Waals surface area contributed by atoms with Gasteiger partial charge in [0.05, 0.1) is 10.5 Å². The van der Waals surface area contributed by atoms with E-state index in [1.54, 1.807) is 28.6 Å². The number of hydrogen-bond acceptors (Lipinski definition) is 3. The summed E-state index contributed by atoms with van der Waals surface area (Å²) in [7, 11) is -3.43. The smallest absolute Gasteiger partial charge is 0.253 e. The molecule has 0 spiro atoms. The summed E-state index contributed by atoms with van der Waals surface area (Å²) in [4.78, 5) is 13.1. The molecule has 1 saturated heterocycles. The molecule has 1 fully saturated rings. The first-order chi connectivity index (χ1) is 14.5. The number of aromatic nitrogens is 1. The Morgan fingerprint density at radius 1 is 1.00 bits per heavy atom. The van der Waals surface area contributed by atoms with Crippen LogP contribution < -0.4 is 5.32 Å². The molecule has 0 saturated carbocycles. The standard InChI is InChI=1S/C23H27N3O3S/c1-2-25-17-21(20-8-4-5-9-22(20)25)23(27)24-16-18-10-12-19(13-11-18)30(28,29)26-14-6-3-7-15-26/h4-5,8-13,17H,2-3,6-7,14-16H2,1H3,(H,24,27). The van der Waals surface area contributed by atoms with E-state index in [0.717, 1.165) is 42.3 Å². The summed E-state index contributed by atoms with van der Waals surface area (Å²) in [5.74, 6) is -0.136. The van der Waals surface area contributed by atoms with Gasteiger partial charge in [0.1, 0.15) is 0 Å². The van der Waals surface area contributed by atoms with Crippen molar-refractivity contribution in [2.75, 3.05) is 13.1 Å². The molecule has 0 atom stereocenters. The maximum absolute atomic E-state index is 12.8. The summed E-state index contributed by atoms with van der Waals surface area (Å²) < 4.78 is 29.1. The first-order valence-corrected chi connectivity index (χ1v) is 11.9. The average molecular weight is 426 g/mol. The van der Waals surface area contributed by atoms with E-state index in [1.165, 1.54) is 0 Å². The quantitative estimate of drug-likeness (QED) is 0.654. The van der Waals surface area contributed by atoms with E-state index in [1.807, 2.05) is 37.4 Å². The second kappa shape index (κ2) is 8.62. The Balaban J connectivity index is 1.45. The molecule has 1 N–H and O–H groups in total. The highest BCUT2D eigenvalue weighted by atomic mass is 32.2. The molecule has 0 bridgehead atoms. The van der Waals surface area contributed by atoms with Gasteiger partial charge in [0.2, 0.25) is 10.0 Å². The van der Waals surface area contributed by atoms with E-state index < -0.39 is 10.0 Å². The van der Waals surface area contributed by atoms with Gasteiger partial charge in [-0.3, -0.25) is 4.79 Å². The van der Waals surface area contributed by atoms with Crippen molar-refractivity contribution in [1.29, 1.82) is 0 Å². The number of sulfonamides is 1. The number of carbonyl (C=O) groups excluding carboxylic acids is 1. The predicted molar refractivity (Wildman–Crippen MR) is 118 cm³/mol. The minimum Gasteiger partial charge on any atom is -0.348 e. The molecule has 30 heavy (non-hydrogen) atoms. The van der Waals surface area contributed by atoms with Gasteiger partial charge in [0.15, 0.2) is 0 Å². The Morgan fingerprint density at radius 3 is 2.40 bits per heavy atom. The second-order valence-corrected chi connectivity index (χ2v) is 9.58. The number of para-hydroxylation sites is 1. The lowest BCUT2D eigenvalue weighted by Gasteiger charge is -2.25. The molecule has 158 valence electrons. The summed E-state index contributed by atoms with van der Waals surface area (Å²) in [5.41, 5.74) is 2.55. The zero-order valence-corrected chi connectivity index (χ0v) is 18.0. The van der Waals surface area contributed by atoms with Gasteiger partial charge in [0, 0.05) is 43.3 Å². The van der Waals surface area contributed by atoms with Crippen LogP contribution in [0.25, 0.3) is 10.9 Å². The van der Waals surface area contributed by atoms with Crippen molar-refractivity contribution in [3.8, 4) is 0 Å². The van der Waals surface area contributed by atoms with Gasteiger partial charge >= 0.3 is 0 Å². The molecule has 7 heteroatoms. The molecule has 1 aromatic heterocycles. The highest BCUT2D eigenvalue weighted by molar-refractivity contribution is 7.89. The number of carbonyl (C=O) groups is 1. The molecule has 0 unspecified atom stereocenters. The lowest BCUT2D eigenvalue weighted by molar-refractivity contribution is 0.0952. The van der Waals surface area contributed by atoms with Gasteiger partial charge in [0.25, 0.3) is 5.91 Å². The number of nitrogens with zero attached hydrogens (tertiary/aromatic N) is 2. The van der Waals surface area contributed by atoms with Gasteiger partial charge in [-0.1, -0.05) is 36.8 Å². The van der Waals surface area contributed by atoms with Crippen LogP contribution in [0.1, 0.15) is 42.1 Å². The van der Waals surface area contributed by atoms with Gasteiger partial charge in [-0.05, 0) is 43.5 Å². The molecule has 3 aromatic rings. The highest BCUT2D eigenvalue weighted by Crippen LogP contribution is 2.22. The number of benzene rings is 2. The lowest BCUT2D eigenvalue weighted by Crippen LogP contribution is -2.35. The Bertz CT molecular complexity index is 1140. The molecule has 0 radical (unpaired) electrons. The molecule has 1 aliphatic heterocycles. The molecule has 0 aliphatic carbocycles. The van der Waals surface area contributed by atoms with Crippen LogP contribution in [0.2, 0.25) is 0 Å². The third kappa shape index (κ3) is 4.00. The predicted octanol–water partition coefficient (Wildman–Crippen LogP) is 3.77. The Kier molecular flexibility index (Phi) is 5.92. The zero-order valence-electron chi connectivity index (χ0n) is 17.2. The molecule has 1 amide bonds. The number of fused-ring (bicyclic) bond motifs is 1. The number of amides is 1. The van der Waals surface area contributed by atoms with Crippen LogP contribution in [0.5, 0.6) is 0 Å². The molecule has 4 rings (SSSR count). The number of rotatable bonds is 6. The largest absolute Gasteiger partial charge is 0.348 e. The van der Waals surface area contributed by atoms with E-state index in [-0.39, 0.29) is 5.91 Å². The normalized spacial score (nSPS) is 15.4.